The van der Waals surface area contributed by atoms with Crippen LogP contribution in [0, 0.1) is 6.92 Å². The minimum absolute atomic E-state index is 0.152. The second-order valence-corrected chi connectivity index (χ2v) is 8.32. The number of rotatable bonds is 8. The van der Waals surface area contributed by atoms with Crippen molar-refractivity contribution in [1.29, 1.82) is 0 Å². The van der Waals surface area contributed by atoms with Gasteiger partial charge in [0, 0.05) is 18.2 Å². The maximum Gasteiger partial charge on any atom is 0.251 e. The van der Waals surface area contributed by atoms with Crippen molar-refractivity contribution in [3.05, 3.63) is 59.2 Å². The Morgan fingerprint density at radius 2 is 1.78 bits per heavy atom. The van der Waals surface area contributed by atoms with Gasteiger partial charge in [-0.3, -0.25) is 4.79 Å². The maximum atomic E-state index is 12.2. The van der Waals surface area contributed by atoms with Gasteiger partial charge < -0.3 is 10.1 Å². The third-order valence-electron chi connectivity index (χ3n) is 3.98. The zero-order valence-electron chi connectivity index (χ0n) is 16.1. The van der Waals surface area contributed by atoms with Crippen LogP contribution >= 0.6 is 0 Å². The lowest BCUT2D eigenvalue weighted by atomic mass is 10.1. The summed E-state index contributed by atoms with van der Waals surface area (Å²) in [6.45, 7) is 5.90. The molecule has 6 nitrogen and oxygen atoms in total. The van der Waals surface area contributed by atoms with Crippen LogP contribution in [0.15, 0.2) is 47.4 Å². The molecule has 0 radical (unpaired) electrons. The minimum atomic E-state index is -3.49. The van der Waals surface area contributed by atoms with Gasteiger partial charge in [0.25, 0.3) is 5.91 Å². The van der Waals surface area contributed by atoms with E-state index in [0.29, 0.717) is 18.5 Å². The second-order valence-electron chi connectivity index (χ2n) is 6.61. The van der Waals surface area contributed by atoms with Crippen molar-refractivity contribution in [2.75, 3.05) is 13.7 Å². The fourth-order valence-corrected chi connectivity index (χ4v) is 3.91. The maximum absolute atomic E-state index is 12.2. The van der Waals surface area contributed by atoms with Gasteiger partial charge in [-0.1, -0.05) is 12.1 Å². The molecular weight excluding hydrogens is 364 g/mol. The van der Waals surface area contributed by atoms with Gasteiger partial charge in [0.05, 0.1) is 12.0 Å². The zero-order chi connectivity index (χ0) is 20.0. The quantitative estimate of drug-likeness (QED) is 0.726. The van der Waals surface area contributed by atoms with E-state index in [1.54, 1.807) is 63.4 Å². The Hall–Kier alpha value is -2.38. The smallest absolute Gasteiger partial charge is 0.251 e. The lowest BCUT2D eigenvalue weighted by Crippen LogP contribution is -2.30. The van der Waals surface area contributed by atoms with Crippen molar-refractivity contribution >= 4 is 15.9 Å². The molecule has 0 unspecified atom stereocenters. The summed E-state index contributed by atoms with van der Waals surface area (Å²) >= 11 is 0. The molecule has 0 heterocycles. The van der Waals surface area contributed by atoms with Crippen LogP contribution in [-0.4, -0.2) is 34.0 Å². The van der Waals surface area contributed by atoms with Crippen LogP contribution in [0.5, 0.6) is 5.75 Å². The van der Waals surface area contributed by atoms with E-state index in [1.165, 1.54) is 0 Å². The van der Waals surface area contributed by atoms with E-state index in [0.717, 1.165) is 16.9 Å². The monoisotopic (exact) mass is 390 g/mol. The summed E-state index contributed by atoms with van der Waals surface area (Å²) in [6, 6.07) is 11.8. The number of carbonyl (C=O) groups is 1. The summed E-state index contributed by atoms with van der Waals surface area (Å²) in [5, 5.41) is 2.87. The number of methoxy groups -OCH3 is 1. The van der Waals surface area contributed by atoms with E-state index in [1.807, 2.05) is 6.92 Å². The van der Waals surface area contributed by atoms with Gasteiger partial charge in [-0.2, -0.15) is 0 Å². The molecule has 2 aromatic carbocycles. The molecule has 0 saturated heterocycles. The number of hydrogen-bond donors (Lipinski definition) is 2. The number of ether oxygens (including phenoxy) is 1. The molecule has 0 aliphatic carbocycles. The molecule has 0 saturated carbocycles. The van der Waals surface area contributed by atoms with E-state index < -0.39 is 10.0 Å². The lowest BCUT2D eigenvalue weighted by Gasteiger charge is -2.10. The zero-order valence-corrected chi connectivity index (χ0v) is 16.9. The van der Waals surface area contributed by atoms with Gasteiger partial charge in [-0.15, -0.1) is 0 Å². The predicted octanol–water partition coefficient (Wildman–Crippen LogP) is 2.66. The Labute approximate surface area is 161 Å². The van der Waals surface area contributed by atoms with E-state index in [4.69, 9.17) is 4.74 Å². The largest absolute Gasteiger partial charge is 0.496 e. The number of sulfonamides is 1. The molecule has 0 atom stereocenters. The van der Waals surface area contributed by atoms with Crippen molar-refractivity contribution < 1.29 is 17.9 Å². The van der Waals surface area contributed by atoms with Crippen molar-refractivity contribution in [1.82, 2.24) is 10.0 Å². The van der Waals surface area contributed by atoms with Gasteiger partial charge in [0.15, 0.2) is 0 Å². The molecule has 0 aliphatic heterocycles. The van der Waals surface area contributed by atoms with Crippen LogP contribution < -0.4 is 14.8 Å². The lowest BCUT2D eigenvalue weighted by molar-refractivity contribution is 0.0954. The first-order valence-corrected chi connectivity index (χ1v) is 10.3. The highest BCUT2D eigenvalue weighted by molar-refractivity contribution is 7.89. The summed E-state index contributed by atoms with van der Waals surface area (Å²) in [5.41, 5.74) is 2.43. The molecule has 2 N–H and O–H groups in total. The van der Waals surface area contributed by atoms with Gasteiger partial charge in [0.1, 0.15) is 5.75 Å². The fraction of sp³-hybridized carbons (Fsp3) is 0.350. The van der Waals surface area contributed by atoms with Crippen LogP contribution in [0.25, 0.3) is 0 Å². The number of amides is 1. The first-order chi connectivity index (χ1) is 12.7. The number of hydrogen-bond acceptors (Lipinski definition) is 4. The van der Waals surface area contributed by atoms with Crippen molar-refractivity contribution in [2.24, 2.45) is 0 Å². The SMILES string of the molecule is COc1ccc(C(=O)NCCc2ccc(S(=O)(=O)NC(C)C)cc2)cc1C. The minimum Gasteiger partial charge on any atom is -0.496 e. The van der Waals surface area contributed by atoms with Crippen molar-refractivity contribution in [3.8, 4) is 5.75 Å². The summed E-state index contributed by atoms with van der Waals surface area (Å²) in [7, 11) is -1.89. The number of nitrogens with one attached hydrogen (secondary N) is 2. The highest BCUT2D eigenvalue weighted by Crippen LogP contribution is 2.18. The standard InChI is InChI=1S/C20H26N2O4S/c1-14(2)22-27(24,25)18-8-5-16(6-9-18)11-12-21-20(23)17-7-10-19(26-4)15(3)13-17/h5-10,13-14,22H,11-12H2,1-4H3,(H,21,23). The van der Waals surface area contributed by atoms with Crippen molar-refractivity contribution in [3.63, 3.8) is 0 Å². The third-order valence-corrected chi connectivity index (χ3v) is 5.66. The molecule has 1 amide bonds. The molecule has 0 aliphatic rings. The van der Waals surface area contributed by atoms with Gasteiger partial charge in [0.2, 0.25) is 10.0 Å². The normalized spacial score (nSPS) is 11.4. The average Bonchev–Trinajstić information content (AvgIpc) is 2.61. The first-order valence-electron chi connectivity index (χ1n) is 8.77. The average molecular weight is 391 g/mol. The van der Waals surface area contributed by atoms with Crippen LogP contribution in [0.3, 0.4) is 0 Å². The van der Waals surface area contributed by atoms with Gasteiger partial charge in [-0.25, -0.2) is 13.1 Å². The van der Waals surface area contributed by atoms with Gasteiger partial charge in [-0.05, 0) is 68.7 Å². The number of carbonyl (C=O) groups excluding carboxylic acids is 1. The molecule has 146 valence electrons. The Morgan fingerprint density at radius 1 is 1.11 bits per heavy atom. The van der Waals surface area contributed by atoms with Crippen molar-refractivity contribution in [2.45, 2.75) is 38.1 Å². The summed E-state index contributed by atoms with van der Waals surface area (Å²) in [4.78, 5) is 12.5. The molecule has 27 heavy (non-hydrogen) atoms. The molecule has 0 spiro atoms. The summed E-state index contributed by atoms with van der Waals surface area (Å²) in [6.07, 6.45) is 0.610. The third kappa shape index (κ3) is 5.80. The Bertz CT molecular complexity index is 891. The molecule has 2 rings (SSSR count). The second kappa shape index (κ2) is 9.01. The Morgan fingerprint density at radius 3 is 2.33 bits per heavy atom. The van der Waals surface area contributed by atoms with E-state index in [2.05, 4.69) is 10.0 Å². The van der Waals surface area contributed by atoms with E-state index >= 15 is 0 Å². The van der Waals surface area contributed by atoms with Crippen LogP contribution in [0.1, 0.15) is 35.3 Å². The van der Waals surface area contributed by atoms with Crippen LogP contribution in [0.2, 0.25) is 0 Å². The van der Waals surface area contributed by atoms with E-state index in [9.17, 15) is 13.2 Å². The molecule has 2 aromatic rings. The Balaban J connectivity index is 1.92. The van der Waals surface area contributed by atoms with Crippen LogP contribution in [-0.2, 0) is 16.4 Å². The number of aryl methyl sites for hydroxylation is 1. The van der Waals surface area contributed by atoms with E-state index in [-0.39, 0.29) is 16.8 Å². The van der Waals surface area contributed by atoms with Gasteiger partial charge >= 0.3 is 0 Å². The Kier molecular flexibility index (Phi) is 6.98. The van der Waals surface area contributed by atoms with Crippen LogP contribution in [0.4, 0.5) is 0 Å². The number of benzene rings is 2. The first kappa shape index (κ1) is 20.9. The highest BCUT2D eigenvalue weighted by atomic mass is 32.2. The predicted molar refractivity (Wildman–Crippen MR) is 106 cm³/mol. The molecule has 0 aromatic heterocycles. The summed E-state index contributed by atoms with van der Waals surface area (Å²) in [5.74, 6) is 0.592. The molecule has 0 bridgehead atoms. The fourth-order valence-electron chi connectivity index (χ4n) is 2.66. The topological polar surface area (TPSA) is 84.5 Å². The summed E-state index contributed by atoms with van der Waals surface area (Å²) < 4.78 is 32.0. The highest BCUT2D eigenvalue weighted by Gasteiger charge is 2.15. The molecule has 0 fully saturated rings. The molecule has 7 heteroatoms. The molecular formula is C20H26N2O4S.